The summed E-state index contributed by atoms with van der Waals surface area (Å²) in [5.41, 5.74) is 5.44. The van der Waals surface area contributed by atoms with Gasteiger partial charge in [-0.25, -0.2) is 9.97 Å². The van der Waals surface area contributed by atoms with E-state index in [0.29, 0.717) is 0 Å². The highest BCUT2D eigenvalue weighted by molar-refractivity contribution is 5.93. The van der Waals surface area contributed by atoms with Gasteiger partial charge in [0.15, 0.2) is 0 Å². The van der Waals surface area contributed by atoms with E-state index in [1.54, 1.807) is 0 Å². The number of benzene rings is 2. The zero-order valence-corrected chi connectivity index (χ0v) is 17.6. The third kappa shape index (κ3) is 5.10. The molecular weight excluding hydrogens is 372 g/mol. The van der Waals surface area contributed by atoms with Crippen LogP contribution in [0.5, 0.6) is 0 Å². The first kappa shape index (κ1) is 20.2. The van der Waals surface area contributed by atoms with Gasteiger partial charge in [-0.1, -0.05) is 42.0 Å². The summed E-state index contributed by atoms with van der Waals surface area (Å²) in [5, 5.41) is 3.14. The number of amides is 1. The number of piperidine rings is 1. The lowest BCUT2D eigenvalue weighted by atomic mass is 9.96. The van der Waals surface area contributed by atoms with Crippen molar-refractivity contribution in [3.8, 4) is 11.1 Å². The number of carbonyl (C=O) groups is 1. The maximum atomic E-state index is 12.9. The van der Waals surface area contributed by atoms with Gasteiger partial charge in [0.1, 0.15) is 5.82 Å². The van der Waals surface area contributed by atoms with Gasteiger partial charge >= 0.3 is 0 Å². The van der Waals surface area contributed by atoms with Gasteiger partial charge in [0, 0.05) is 36.7 Å². The number of hydrogen-bond donors (Lipinski definition) is 1. The average Bonchev–Trinajstić information content (AvgIpc) is 2.76. The summed E-state index contributed by atoms with van der Waals surface area (Å²) < 4.78 is 0. The van der Waals surface area contributed by atoms with E-state index in [1.165, 1.54) is 5.56 Å². The molecule has 0 unspecified atom stereocenters. The van der Waals surface area contributed by atoms with E-state index in [1.807, 2.05) is 31.5 Å². The molecule has 1 saturated heterocycles. The van der Waals surface area contributed by atoms with Gasteiger partial charge in [-0.15, -0.1) is 0 Å². The molecule has 1 N–H and O–H groups in total. The van der Waals surface area contributed by atoms with Crippen LogP contribution < -0.4 is 5.32 Å². The summed E-state index contributed by atoms with van der Waals surface area (Å²) >= 11 is 0. The monoisotopic (exact) mass is 400 g/mol. The van der Waals surface area contributed by atoms with Gasteiger partial charge in [0.2, 0.25) is 5.91 Å². The average molecular weight is 401 g/mol. The lowest BCUT2D eigenvalue weighted by Gasteiger charge is -2.31. The number of aryl methyl sites for hydroxylation is 2. The predicted octanol–water partition coefficient (Wildman–Crippen LogP) is 4.61. The van der Waals surface area contributed by atoms with Gasteiger partial charge < -0.3 is 5.32 Å². The molecule has 5 heteroatoms. The minimum absolute atomic E-state index is 0.00672. The Kier molecular flexibility index (Phi) is 6.19. The third-order valence-electron chi connectivity index (χ3n) is 5.60. The lowest BCUT2D eigenvalue weighted by Crippen LogP contribution is -2.40. The molecule has 154 valence electrons. The molecule has 1 atom stereocenters. The topological polar surface area (TPSA) is 58.1 Å². The Bertz CT molecular complexity index is 1020. The fourth-order valence-corrected chi connectivity index (χ4v) is 4.02. The number of hydrogen-bond acceptors (Lipinski definition) is 4. The molecule has 1 aromatic heterocycles. The number of anilines is 1. The second-order valence-corrected chi connectivity index (χ2v) is 8.15. The Morgan fingerprint density at radius 3 is 2.57 bits per heavy atom. The Morgan fingerprint density at radius 1 is 1.07 bits per heavy atom. The van der Waals surface area contributed by atoms with Crippen LogP contribution in [0.1, 0.15) is 29.8 Å². The van der Waals surface area contributed by atoms with Crippen molar-refractivity contribution >= 4 is 11.6 Å². The van der Waals surface area contributed by atoms with E-state index < -0.39 is 0 Å². The fourth-order valence-electron chi connectivity index (χ4n) is 4.02. The zero-order chi connectivity index (χ0) is 20.9. The van der Waals surface area contributed by atoms with Crippen molar-refractivity contribution in [3.63, 3.8) is 0 Å². The number of nitrogens with one attached hydrogen (secondary N) is 1. The largest absolute Gasteiger partial charge is 0.326 e. The maximum Gasteiger partial charge on any atom is 0.228 e. The van der Waals surface area contributed by atoms with Crippen LogP contribution in [0, 0.1) is 19.8 Å². The van der Waals surface area contributed by atoms with Crippen LogP contribution in [0.4, 0.5) is 5.69 Å². The van der Waals surface area contributed by atoms with Crippen LogP contribution in [0.15, 0.2) is 60.9 Å². The van der Waals surface area contributed by atoms with Crippen molar-refractivity contribution in [2.75, 3.05) is 18.4 Å². The smallest absolute Gasteiger partial charge is 0.228 e. The summed E-state index contributed by atoms with van der Waals surface area (Å²) in [5.74, 6) is 0.872. The summed E-state index contributed by atoms with van der Waals surface area (Å²) in [7, 11) is 0. The zero-order valence-electron chi connectivity index (χ0n) is 17.6. The molecule has 0 saturated carbocycles. The Labute approximate surface area is 178 Å². The van der Waals surface area contributed by atoms with Crippen molar-refractivity contribution in [1.29, 1.82) is 0 Å². The van der Waals surface area contributed by atoms with Gasteiger partial charge in [0.25, 0.3) is 0 Å². The van der Waals surface area contributed by atoms with E-state index in [4.69, 9.17) is 0 Å². The van der Waals surface area contributed by atoms with Crippen molar-refractivity contribution < 1.29 is 4.79 Å². The Morgan fingerprint density at radius 2 is 1.80 bits per heavy atom. The second-order valence-electron chi connectivity index (χ2n) is 8.15. The summed E-state index contributed by atoms with van der Waals surface area (Å²) in [6, 6.07) is 16.5. The predicted molar refractivity (Wildman–Crippen MR) is 120 cm³/mol. The van der Waals surface area contributed by atoms with E-state index in [0.717, 1.165) is 60.7 Å². The van der Waals surface area contributed by atoms with Crippen LogP contribution in [-0.2, 0) is 11.3 Å². The van der Waals surface area contributed by atoms with E-state index in [9.17, 15) is 4.79 Å². The van der Waals surface area contributed by atoms with Gasteiger partial charge in [-0.05, 0) is 56.5 Å². The minimum atomic E-state index is -0.00672. The molecule has 2 aromatic carbocycles. The molecule has 0 bridgehead atoms. The first-order chi connectivity index (χ1) is 14.6. The maximum absolute atomic E-state index is 12.9. The van der Waals surface area contributed by atoms with Crippen LogP contribution in [-0.4, -0.2) is 33.9 Å². The highest BCUT2D eigenvalue weighted by Crippen LogP contribution is 2.25. The molecular formula is C25H28N4O. The van der Waals surface area contributed by atoms with Crippen molar-refractivity contribution in [1.82, 2.24) is 14.9 Å². The number of aromatic nitrogens is 2. The second kappa shape index (κ2) is 9.18. The van der Waals surface area contributed by atoms with Crippen LogP contribution in [0.3, 0.4) is 0 Å². The molecule has 0 aliphatic carbocycles. The highest BCUT2D eigenvalue weighted by Gasteiger charge is 2.26. The quantitative estimate of drug-likeness (QED) is 0.679. The molecule has 30 heavy (non-hydrogen) atoms. The Hall–Kier alpha value is -3.05. The number of carbonyl (C=O) groups excluding carboxylic acids is 1. The molecule has 1 aliphatic heterocycles. The first-order valence-corrected chi connectivity index (χ1v) is 10.5. The Balaban J connectivity index is 1.39. The van der Waals surface area contributed by atoms with E-state index in [2.05, 4.69) is 63.5 Å². The standard InChI is InChI=1S/C25H28N4O/c1-18-6-3-7-21(12-18)22-8-4-10-24(13-22)28-25(30)23-9-5-11-29(17-23)16-20-14-26-19(2)27-15-20/h3-4,6-8,10,12-15,23H,5,9,11,16-17H2,1-2H3,(H,28,30)/t23-/m0/s1. The third-order valence-corrected chi connectivity index (χ3v) is 5.60. The van der Waals surface area contributed by atoms with Gasteiger partial charge in [-0.3, -0.25) is 9.69 Å². The molecule has 0 radical (unpaired) electrons. The first-order valence-electron chi connectivity index (χ1n) is 10.5. The van der Waals surface area contributed by atoms with Gasteiger partial charge in [0.05, 0.1) is 5.92 Å². The van der Waals surface area contributed by atoms with Crippen LogP contribution in [0.25, 0.3) is 11.1 Å². The number of rotatable bonds is 5. The van der Waals surface area contributed by atoms with Crippen LogP contribution >= 0.6 is 0 Å². The number of nitrogens with zero attached hydrogens (tertiary/aromatic N) is 3. The minimum Gasteiger partial charge on any atom is -0.326 e. The SMILES string of the molecule is Cc1cccc(-c2cccc(NC(=O)[C@H]3CCCN(Cc4cnc(C)nc4)C3)c2)c1. The van der Waals surface area contributed by atoms with E-state index >= 15 is 0 Å². The molecule has 5 nitrogen and oxygen atoms in total. The van der Waals surface area contributed by atoms with E-state index in [-0.39, 0.29) is 11.8 Å². The molecule has 3 aromatic rings. The normalized spacial score (nSPS) is 16.9. The summed E-state index contributed by atoms with van der Waals surface area (Å²) in [6.07, 6.45) is 5.70. The van der Waals surface area contributed by atoms with Gasteiger partial charge in [-0.2, -0.15) is 0 Å². The van der Waals surface area contributed by atoms with Crippen molar-refractivity contribution in [3.05, 3.63) is 77.9 Å². The lowest BCUT2D eigenvalue weighted by molar-refractivity contribution is -0.121. The molecule has 1 amide bonds. The molecule has 0 spiro atoms. The van der Waals surface area contributed by atoms with Crippen molar-refractivity contribution in [2.45, 2.75) is 33.2 Å². The summed E-state index contributed by atoms with van der Waals surface area (Å²) in [6.45, 7) is 6.52. The molecule has 1 fully saturated rings. The number of likely N-dealkylation sites (tertiary alicyclic amines) is 1. The summed E-state index contributed by atoms with van der Waals surface area (Å²) in [4.78, 5) is 23.8. The highest BCUT2D eigenvalue weighted by atomic mass is 16.1. The molecule has 4 rings (SSSR count). The molecule has 2 heterocycles. The van der Waals surface area contributed by atoms with Crippen molar-refractivity contribution in [2.24, 2.45) is 5.92 Å². The fraction of sp³-hybridized carbons (Fsp3) is 0.320. The van der Waals surface area contributed by atoms with Crippen LogP contribution in [0.2, 0.25) is 0 Å². The molecule has 1 aliphatic rings.